The maximum absolute atomic E-state index is 13.6. The Morgan fingerprint density at radius 2 is 1.73 bits per heavy atom. The number of nitrogens with one attached hydrogen (secondary N) is 1. The van der Waals surface area contributed by atoms with E-state index in [0.29, 0.717) is 23.5 Å². The Balaban J connectivity index is 1.45. The number of nitrogens with zero attached hydrogens (tertiary/aromatic N) is 2. The average Bonchev–Trinajstić information content (AvgIpc) is 3.46. The topological polar surface area (TPSA) is 91.6 Å². The lowest BCUT2D eigenvalue weighted by Gasteiger charge is -2.30. The molecule has 37 heavy (non-hydrogen) atoms. The second-order valence-corrected chi connectivity index (χ2v) is 9.62. The number of carbonyl (C=O) groups excluding carboxylic acids is 2. The molecule has 2 aliphatic rings. The fourth-order valence-corrected chi connectivity index (χ4v) is 5.87. The van der Waals surface area contributed by atoms with Crippen molar-refractivity contribution in [3.8, 4) is 11.1 Å². The van der Waals surface area contributed by atoms with Gasteiger partial charge in [-0.05, 0) is 42.3 Å². The summed E-state index contributed by atoms with van der Waals surface area (Å²) in [4.78, 5) is 41.5. The Labute approximate surface area is 216 Å². The lowest BCUT2D eigenvalue weighted by atomic mass is 9.88. The number of allylic oxidation sites excluding steroid dienone is 1. The molecule has 0 spiro atoms. The third-order valence-electron chi connectivity index (χ3n) is 7.57. The van der Waals surface area contributed by atoms with E-state index in [1.807, 2.05) is 73.7 Å². The summed E-state index contributed by atoms with van der Waals surface area (Å²) in [5.41, 5.74) is 3.90. The monoisotopic (exact) mass is 497 g/mol. The van der Waals surface area contributed by atoms with Crippen molar-refractivity contribution < 1.29 is 14.7 Å². The zero-order valence-corrected chi connectivity index (χ0v) is 21.0. The van der Waals surface area contributed by atoms with Crippen molar-refractivity contribution >= 4 is 23.6 Å². The number of fused-ring (bicyclic) bond motifs is 3. The molecule has 7 nitrogen and oxygen atoms in total. The molecule has 1 fully saturated rings. The van der Waals surface area contributed by atoms with Gasteiger partial charge >= 0.3 is 0 Å². The smallest absolute Gasteiger partial charge is 0.258 e. The number of aliphatic hydroxyl groups is 1. The van der Waals surface area contributed by atoms with E-state index in [2.05, 4.69) is 5.32 Å². The van der Waals surface area contributed by atoms with Crippen molar-refractivity contribution in [2.45, 2.75) is 38.9 Å². The van der Waals surface area contributed by atoms with Crippen LogP contribution in [-0.4, -0.2) is 39.0 Å². The van der Waals surface area contributed by atoms with Crippen LogP contribution in [0.1, 0.15) is 37.6 Å². The fourth-order valence-electron chi connectivity index (χ4n) is 5.87. The first kappa shape index (κ1) is 24.7. The van der Waals surface area contributed by atoms with Gasteiger partial charge in [-0.2, -0.15) is 0 Å². The fraction of sp³-hybridized carbons (Fsp3) is 0.300. The molecule has 2 N–H and O–H groups in total. The number of hydrogen-bond donors (Lipinski definition) is 2. The molecule has 1 aromatic heterocycles. The summed E-state index contributed by atoms with van der Waals surface area (Å²) in [6.45, 7) is 3.72. The summed E-state index contributed by atoms with van der Waals surface area (Å²) in [6, 6.07) is 19.9. The van der Waals surface area contributed by atoms with E-state index in [0.717, 1.165) is 11.1 Å². The molecule has 2 amide bonds. The number of benzene rings is 2. The van der Waals surface area contributed by atoms with E-state index < -0.39 is 18.0 Å². The molecular weight excluding hydrogens is 466 g/mol. The second kappa shape index (κ2) is 10.2. The Morgan fingerprint density at radius 3 is 2.38 bits per heavy atom. The molecule has 3 aromatic rings. The number of amides is 2. The predicted molar refractivity (Wildman–Crippen MR) is 144 cm³/mol. The van der Waals surface area contributed by atoms with Crippen molar-refractivity contribution in [3.05, 3.63) is 94.4 Å². The molecular formula is C30H31N3O4. The zero-order chi connectivity index (χ0) is 26.1. The molecule has 0 unspecified atom stereocenters. The maximum Gasteiger partial charge on any atom is 0.258 e. The molecule has 1 saturated heterocycles. The number of pyridine rings is 1. The first-order chi connectivity index (χ1) is 18.0. The van der Waals surface area contributed by atoms with Crippen LogP contribution in [0.15, 0.2) is 77.6 Å². The van der Waals surface area contributed by atoms with Crippen LogP contribution in [0.3, 0.4) is 0 Å². The van der Waals surface area contributed by atoms with Crippen molar-refractivity contribution in [1.29, 1.82) is 0 Å². The molecule has 5 rings (SSSR count). The minimum absolute atomic E-state index is 0.120. The number of anilines is 1. The van der Waals surface area contributed by atoms with Crippen LogP contribution in [0.4, 0.5) is 5.69 Å². The molecule has 0 bridgehead atoms. The number of rotatable bonds is 6. The van der Waals surface area contributed by atoms with Gasteiger partial charge in [-0.15, -0.1) is 0 Å². The normalized spacial score (nSPS) is 22.2. The van der Waals surface area contributed by atoms with Crippen LogP contribution >= 0.6 is 0 Å². The molecule has 2 aliphatic heterocycles. The van der Waals surface area contributed by atoms with Gasteiger partial charge in [0.2, 0.25) is 11.8 Å². The van der Waals surface area contributed by atoms with E-state index >= 15 is 0 Å². The summed E-state index contributed by atoms with van der Waals surface area (Å²) in [5, 5.41) is 13.4. The Bertz CT molecular complexity index is 1390. The highest BCUT2D eigenvalue weighted by Gasteiger charge is 2.57. The van der Waals surface area contributed by atoms with Crippen molar-refractivity contribution in [1.82, 2.24) is 9.47 Å². The third kappa shape index (κ3) is 4.29. The van der Waals surface area contributed by atoms with Crippen molar-refractivity contribution in [3.63, 3.8) is 0 Å². The van der Waals surface area contributed by atoms with Gasteiger partial charge in [0.25, 0.3) is 5.56 Å². The van der Waals surface area contributed by atoms with Crippen LogP contribution in [0, 0.1) is 11.8 Å². The average molecular weight is 498 g/mol. The predicted octanol–water partition coefficient (Wildman–Crippen LogP) is 4.09. The van der Waals surface area contributed by atoms with Gasteiger partial charge < -0.3 is 19.9 Å². The van der Waals surface area contributed by atoms with Gasteiger partial charge in [0.1, 0.15) is 6.04 Å². The number of likely N-dealkylation sites (tertiary alicyclic amines) is 1. The van der Waals surface area contributed by atoms with E-state index in [9.17, 15) is 19.5 Å². The standard InChI is InChI=1S/C30H31N3O4/c1-3-8-21-13-16-25-27-23(17-32(25)30(21)37)24(18-34)28(33(27)26(35)4-2)29(36)31-22-14-11-20(12-15-22)19-9-6-5-7-10-19/h3,5-16,23-24,27-28,34H,4,17-18H2,1-2H3,(H,31,36)/b8-3+/t23-,24-,27+,28-/m1/s1. The maximum atomic E-state index is 13.6. The SMILES string of the molecule is C/C=C/c1ccc2n(c1=O)C[C@@H]1[C@@H](CO)[C@H](C(=O)Nc3ccc(-c4ccccc4)cc3)N(C(=O)CC)[C@H]21. The van der Waals surface area contributed by atoms with Crippen LogP contribution in [0.2, 0.25) is 0 Å². The molecule has 2 aromatic carbocycles. The van der Waals surface area contributed by atoms with Crippen LogP contribution in [-0.2, 0) is 16.1 Å². The lowest BCUT2D eigenvalue weighted by Crippen LogP contribution is -2.48. The Hall–Kier alpha value is -3.97. The molecule has 4 atom stereocenters. The van der Waals surface area contributed by atoms with Crippen LogP contribution in [0.25, 0.3) is 17.2 Å². The Kier molecular flexibility index (Phi) is 6.80. The van der Waals surface area contributed by atoms with Crippen molar-refractivity contribution in [2.24, 2.45) is 11.8 Å². The van der Waals surface area contributed by atoms with E-state index in [1.54, 1.807) is 28.5 Å². The highest BCUT2D eigenvalue weighted by Crippen LogP contribution is 2.49. The lowest BCUT2D eigenvalue weighted by molar-refractivity contribution is -0.139. The number of aromatic nitrogens is 1. The quantitative estimate of drug-likeness (QED) is 0.537. The first-order valence-corrected chi connectivity index (χ1v) is 12.7. The minimum Gasteiger partial charge on any atom is -0.396 e. The molecule has 0 saturated carbocycles. The molecule has 190 valence electrons. The van der Waals surface area contributed by atoms with Crippen LogP contribution < -0.4 is 10.9 Å². The van der Waals surface area contributed by atoms with Gasteiger partial charge in [0, 0.05) is 48.4 Å². The van der Waals surface area contributed by atoms with E-state index in [-0.39, 0.29) is 36.3 Å². The summed E-state index contributed by atoms with van der Waals surface area (Å²) in [5.74, 6) is -1.23. The summed E-state index contributed by atoms with van der Waals surface area (Å²) in [6.07, 6.45) is 3.80. The summed E-state index contributed by atoms with van der Waals surface area (Å²) in [7, 11) is 0. The van der Waals surface area contributed by atoms with Gasteiger partial charge in [0.05, 0.1) is 6.04 Å². The zero-order valence-electron chi connectivity index (χ0n) is 21.0. The van der Waals surface area contributed by atoms with E-state index in [4.69, 9.17) is 0 Å². The third-order valence-corrected chi connectivity index (χ3v) is 7.57. The van der Waals surface area contributed by atoms with Gasteiger partial charge in [-0.1, -0.05) is 61.5 Å². The number of carbonyl (C=O) groups is 2. The van der Waals surface area contributed by atoms with Gasteiger partial charge in [-0.25, -0.2) is 0 Å². The Morgan fingerprint density at radius 1 is 1.03 bits per heavy atom. The molecule has 3 heterocycles. The highest BCUT2D eigenvalue weighted by molar-refractivity contribution is 5.98. The largest absolute Gasteiger partial charge is 0.396 e. The minimum atomic E-state index is -0.833. The molecule has 7 heteroatoms. The number of hydrogen-bond acceptors (Lipinski definition) is 4. The van der Waals surface area contributed by atoms with Crippen molar-refractivity contribution in [2.75, 3.05) is 11.9 Å². The molecule has 0 radical (unpaired) electrons. The van der Waals surface area contributed by atoms with E-state index in [1.165, 1.54) is 0 Å². The molecule has 0 aliphatic carbocycles. The van der Waals surface area contributed by atoms with Gasteiger partial charge in [-0.3, -0.25) is 14.4 Å². The first-order valence-electron chi connectivity index (χ1n) is 12.7. The summed E-state index contributed by atoms with van der Waals surface area (Å²) < 4.78 is 1.69. The second-order valence-electron chi connectivity index (χ2n) is 9.62. The highest BCUT2D eigenvalue weighted by atomic mass is 16.3. The van der Waals surface area contributed by atoms with Gasteiger partial charge in [0.15, 0.2) is 0 Å². The summed E-state index contributed by atoms with van der Waals surface area (Å²) >= 11 is 0. The van der Waals surface area contributed by atoms with Crippen LogP contribution in [0.5, 0.6) is 0 Å². The number of aliphatic hydroxyl groups excluding tert-OH is 1.